The maximum Gasteiger partial charge on any atom is 0.0447 e. The van der Waals surface area contributed by atoms with Gasteiger partial charge in [-0.05, 0) is 57.3 Å². The Labute approximate surface area is 623 Å². The van der Waals surface area contributed by atoms with Crippen molar-refractivity contribution in [2.75, 3.05) is 0 Å². The molecule has 0 saturated heterocycles. The zero-order valence-electron chi connectivity index (χ0n) is 51.9. The molecule has 0 atom stereocenters. The Balaban J connectivity index is 0.000000186. The smallest absolute Gasteiger partial charge is 0.0447 e. The summed E-state index contributed by atoms with van der Waals surface area (Å²) in [7, 11) is 0. The van der Waals surface area contributed by atoms with E-state index in [9.17, 15) is 17.6 Å². The first-order chi connectivity index (χ1) is 43.8. The predicted molar refractivity (Wildman–Crippen MR) is 358 cm³/mol. The van der Waals surface area contributed by atoms with Crippen LogP contribution in [0.4, 0.5) is 17.6 Å². The molecule has 0 spiro atoms. The normalized spacial score (nSPS) is 10.2. The van der Waals surface area contributed by atoms with E-state index in [0.717, 1.165) is 116 Å². The second-order valence-electron chi connectivity index (χ2n) is 21.7. The maximum absolute atomic E-state index is 14.0. The molecule has 0 fully saturated rings. The summed E-state index contributed by atoms with van der Waals surface area (Å²) >= 11 is 0. The number of hydrogen-bond donors (Lipinski definition) is 0. The average molecular weight is 2150 g/mol. The summed E-state index contributed by atoms with van der Waals surface area (Å²) in [5.74, 6) is -0.957. The topological polar surface area (TPSA) is 64.5 Å². The number of halogens is 4. The van der Waals surface area contributed by atoms with Crippen molar-refractivity contribution in [1.29, 1.82) is 0 Å². The molecule has 0 aliphatic rings. The molecule has 0 aliphatic carbocycles. The number of nitrogens with zero attached hydrogens (tertiary/aromatic N) is 5. The Hall–Kier alpha value is -7.59. The molecule has 0 unspecified atom stereocenters. The van der Waals surface area contributed by atoms with Gasteiger partial charge in [0.25, 0.3) is 0 Å². The summed E-state index contributed by atoms with van der Waals surface area (Å²) in [4.78, 5) is 22.0. The summed E-state index contributed by atoms with van der Waals surface area (Å²) in [5.41, 5.74) is 18.9. The summed E-state index contributed by atoms with van der Waals surface area (Å²) in [5, 5.41) is 5.37. The number of rotatable bonds is 5. The van der Waals surface area contributed by atoms with E-state index in [1.54, 1.807) is 56.8 Å². The molecule has 0 amide bonds. The van der Waals surface area contributed by atoms with E-state index in [4.69, 9.17) is 0 Å². The average Bonchev–Trinajstić information content (AvgIpc) is 0.851. The quantitative estimate of drug-likeness (QED) is 0.127. The number of aromatic nitrogens is 5. The Morgan fingerprint density at radius 3 is 1.09 bits per heavy atom. The van der Waals surface area contributed by atoms with Crippen LogP contribution < -0.4 is 0 Å². The zero-order valence-corrected chi connectivity index (χ0v) is 63.3. The summed E-state index contributed by atoms with van der Waals surface area (Å²) in [6.07, 6.45) is 8.84. The maximum atomic E-state index is 14.0. The molecule has 490 valence electrons. The minimum Gasteiger partial charge on any atom is -0.266 e. The minimum atomic E-state index is -0.260. The Bertz CT molecular complexity index is 4790. The van der Waals surface area contributed by atoms with Gasteiger partial charge in [0, 0.05) is 187 Å². The van der Waals surface area contributed by atoms with Gasteiger partial charge in [-0.3, -0.25) is 38.1 Å². The van der Waals surface area contributed by atoms with Crippen LogP contribution in [0.1, 0.15) is 33.4 Å². The van der Waals surface area contributed by atoms with Crippen LogP contribution in [0, 0.1) is 95.1 Å². The van der Waals surface area contributed by atoms with E-state index in [2.05, 4.69) is 105 Å². The van der Waals surface area contributed by atoms with E-state index in [-0.39, 0.29) is 129 Å². The first-order valence-corrected chi connectivity index (χ1v) is 29.2. The van der Waals surface area contributed by atoms with Crippen LogP contribution in [0.25, 0.3) is 110 Å². The SMILES string of the molecule is Cc1[c-]c(-c2cccc3cccnc23)cc(C)c1.Cc1c[c-]c(-c2cccc3cccnc23)c(F)c1.Cc1c[c-]c(-c2cccc3cccnc23)cc1F.Cc1cc(-c2cccc3cccnc23)[c-]cc1F.Cc1cc(F)c[c-]c1-c1cccc2cccnc12.[Pt].[Pt].[Pt].[Pt].[Pt]. The van der Waals surface area contributed by atoms with Gasteiger partial charge in [-0.1, -0.05) is 202 Å². The van der Waals surface area contributed by atoms with Gasteiger partial charge in [-0.15, -0.1) is 141 Å². The number of pyridine rings is 5. The predicted octanol–water partition coefficient (Wildman–Crippen LogP) is 20.9. The third kappa shape index (κ3) is 18.7. The van der Waals surface area contributed by atoms with Crippen molar-refractivity contribution < 1.29 is 123 Å². The summed E-state index contributed by atoms with van der Waals surface area (Å²) in [6.45, 7) is 11.4. The van der Waals surface area contributed by atoms with Crippen LogP contribution in [-0.2, 0) is 105 Å². The van der Waals surface area contributed by atoms with Crippen molar-refractivity contribution >= 4 is 54.5 Å². The summed E-state index contributed by atoms with van der Waals surface area (Å²) in [6, 6.07) is 81.9. The standard InChI is InChI=1S/C17H14N.4C16H11FN.5Pt/c1-12-9-13(2)11-15(10-12)16-7-3-5-14-6-4-8-18-17(14)16;1-11-10-13(17)7-8-14(11)15-6-2-4-12-5-3-9-18-16(12)15;1-11-10-13(7-8-15(11)17)14-6-2-4-12-5-3-9-18-16(12)14;1-11-7-8-13(10-15(11)17)14-6-2-4-12-5-3-9-18-16(12)14;1-11-7-8-13(15(17)10-11)14-6-2-4-12-5-3-9-18-16(12)14;;;;;/h3-10H,1-2H3;2-7,9-10H,1H3;2-6,8-10H,1H3;2*2-7,9-10H,1H3;;;;;/q5*-1;;;;;. The molecule has 10 aromatic carbocycles. The van der Waals surface area contributed by atoms with Crippen LogP contribution in [-0.4, -0.2) is 24.9 Å². The third-order valence-electron chi connectivity index (χ3n) is 15.0. The number of benzene rings is 10. The van der Waals surface area contributed by atoms with Gasteiger partial charge in [0.2, 0.25) is 0 Å². The van der Waals surface area contributed by atoms with Crippen LogP contribution in [0.3, 0.4) is 0 Å². The van der Waals surface area contributed by atoms with Gasteiger partial charge in [-0.2, -0.15) is 0 Å². The molecule has 5 nitrogen and oxygen atoms in total. The van der Waals surface area contributed by atoms with Crippen LogP contribution >= 0.6 is 0 Å². The molecule has 95 heavy (non-hydrogen) atoms. The van der Waals surface area contributed by atoms with E-state index >= 15 is 0 Å². The van der Waals surface area contributed by atoms with Gasteiger partial charge >= 0.3 is 0 Å². The zero-order chi connectivity index (χ0) is 62.7. The van der Waals surface area contributed by atoms with Gasteiger partial charge in [-0.25, -0.2) is 4.39 Å². The first kappa shape index (κ1) is 76.4. The Morgan fingerprint density at radius 1 is 0.284 bits per heavy atom. The van der Waals surface area contributed by atoms with Crippen LogP contribution in [0.2, 0.25) is 0 Å². The number of aryl methyl sites for hydroxylation is 6. The molecule has 5 aromatic heterocycles. The molecule has 5 heterocycles. The Kier molecular flexibility index (Phi) is 28.9. The molecular formula is C81H58F4N5Pt5-5. The second-order valence-corrected chi connectivity index (χ2v) is 21.7. The molecule has 0 saturated carbocycles. The van der Waals surface area contributed by atoms with E-state index in [1.165, 1.54) is 41.3 Å². The van der Waals surface area contributed by atoms with Crippen molar-refractivity contribution in [3.63, 3.8) is 0 Å². The van der Waals surface area contributed by atoms with Gasteiger partial charge in [0.1, 0.15) is 0 Å². The molecule has 0 N–H and O–H groups in total. The number of hydrogen-bond acceptors (Lipinski definition) is 5. The molecule has 0 radical (unpaired) electrons. The molecule has 15 aromatic rings. The largest absolute Gasteiger partial charge is 0.266 e. The van der Waals surface area contributed by atoms with E-state index in [1.807, 2.05) is 147 Å². The van der Waals surface area contributed by atoms with Gasteiger partial charge in [0.15, 0.2) is 0 Å². The van der Waals surface area contributed by atoms with Crippen LogP contribution in [0.15, 0.2) is 243 Å². The Morgan fingerprint density at radius 2 is 0.674 bits per heavy atom. The molecular weight excluding hydrogens is 2090 g/mol. The van der Waals surface area contributed by atoms with Crippen molar-refractivity contribution in [3.05, 3.63) is 330 Å². The van der Waals surface area contributed by atoms with E-state index < -0.39 is 0 Å². The fraction of sp³-hybridized carbons (Fsp3) is 0.0741. The first-order valence-electron chi connectivity index (χ1n) is 29.2. The third-order valence-corrected chi connectivity index (χ3v) is 15.0. The molecule has 15 rings (SSSR count). The van der Waals surface area contributed by atoms with Crippen molar-refractivity contribution in [2.45, 2.75) is 41.5 Å². The molecule has 0 bridgehead atoms. The molecule has 0 aliphatic heterocycles. The molecule has 14 heteroatoms. The van der Waals surface area contributed by atoms with Gasteiger partial charge in [0.05, 0.1) is 0 Å². The fourth-order valence-electron chi connectivity index (χ4n) is 10.7. The van der Waals surface area contributed by atoms with Gasteiger partial charge < -0.3 is 0 Å². The van der Waals surface area contributed by atoms with Crippen LogP contribution in [0.5, 0.6) is 0 Å². The monoisotopic (exact) mass is 2150 g/mol. The fourth-order valence-corrected chi connectivity index (χ4v) is 10.7. The van der Waals surface area contributed by atoms with Crippen molar-refractivity contribution in [1.82, 2.24) is 24.9 Å². The minimum absolute atomic E-state index is 0. The number of fused-ring (bicyclic) bond motifs is 5. The number of para-hydroxylation sites is 5. The van der Waals surface area contributed by atoms with Crippen molar-refractivity contribution in [3.8, 4) is 55.6 Å². The van der Waals surface area contributed by atoms with Crippen molar-refractivity contribution in [2.24, 2.45) is 0 Å². The second kappa shape index (κ2) is 36.0. The van der Waals surface area contributed by atoms with E-state index in [0.29, 0.717) is 16.7 Å². The summed E-state index contributed by atoms with van der Waals surface area (Å²) < 4.78 is 54.0.